The van der Waals surface area contributed by atoms with Gasteiger partial charge >= 0.3 is 12.1 Å². The molecule has 1 aromatic carbocycles. The molecule has 0 bridgehead atoms. The Balaban J connectivity index is 1.37. The Morgan fingerprint density at radius 1 is 1.23 bits per heavy atom. The summed E-state index contributed by atoms with van der Waals surface area (Å²) in [5.41, 5.74) is 9.42. The zero-order valence-electron chi connectivity index (χ0n) is 20.7. The summed E-state index contributed by atoms with van der Waals surface area (Å²) in [5, 5.41) is 0. The van der Waals surface area contributed by atoms with Gasteiger partial charge in [0.2, 0.25) is 0 Å². The van der Waals surface area contributed by atoms with Crippen LogP contribution in [0.4, 0.5) is 4.79 Å². The number of aliphatic imine (C=N–C) groups is 1. The van der Waals surface area contributed by atoms with Crippen LogP contribution in [0.15, 0.2) is 35.6 Å². The molecule has 1 amide bonds. The highest BCUT2D eigenvalue weighted by Gasteiger charge is 2.35. The van der Waals surface area contributed by atoms with Crippen LogP contribution in [0, 0.1) is 11.8 Å². The first kappa shape index (κ1) is 24.6. The smallest absolute Gasteiger partial charge is 0.410 e. The number of carbonyl (C=O) groups excluding carboxylic acids is 2. The highest BCUT2D eigenvalue weighted by Crippen LogP contribution is 2.31. The molecule has 186 valence electrons. The number of hydrogen-bond acceptors (Lipinski definition) is 8. The van der Waals surface area contributed by atoms with Crippen LogP contribution in [0.3, 0.4) is 0 Å². The van der Waals surface area contributed by atoms with E-state index in [1.54, 1.807) is 17.3 Å². The summed E-state index contributed by atoms with van der Waals surface area (Å²) in [6.45, 7) is 6.99. The molecule has 2 aliphatic rings. The first-order valence-corrected chi connectivity index (χ1v) is 11.9. The van der Waals surface area contributed by atoms with Crippen molar-refractivity contribution in [3.63, 3.8) is 0 Å². The van der Waals surface area contributed by atoms with E-state index in [-0.39, 0.29) is 24.0 Å². The van der Waals surface area contributed by atoms with E-state index >= 15 is 0 Å². The van der Waals surface area contributed by atoms with E-state index in [9.17, 15) is 9.59 Å². The summed E-state index contributed by atoms with van der Waals surface area (Å²) in [4.78, 5) is 39.3. The Labute approximate surface area is 205 Å². The number of allylic oxidation sites excluding steroid dienone is 1. The molecule has 1 aromatic heterocycles. The molecule has 0 spiro atoms. The molecule has 1 saturated carbocycles. The Morgan fingerprint density at radius 2 is 1.97 bits per heavy atom. The lowest BCUT2D eigenvalue weighted by molar-refractivity contribution is -0.148. The average molecular weight is 480 g/mol. The highest BCUT2D eigenvalue weighted by atomic mass is 16.6. The minimum absolute atomic E-state index is 0.0711. The van der Waals surface area contributed by atoms with Crippen molar-refractivity contribution in [2.45, 2.75) is 51.7 Å². The quantitative estimate of drug-likeness (QED) is 0.498. The molecule has 1 aliphatic carbocycles. The summed E-state index contributed by atoms with van der Waals surface area (Å²) in [6.07, 6.45) is 6.83. The number of amides is 1. The lowest BCUT2D eigenvalue weighted by atomic mass is 9.81. The zero-order valence-corrected chi connectivity index (χ0v) is 20.7. The standard InChI is InChI=1S/C26H33N5O4/c1-26(2,3)35-25(33)31-14-17(15-31)7-16-5-6-21-22(8-16)30-23(13-29-21)19(11-27)12-28-20-9-18(10-20)24(32)34-4/h5-6,8,11-13,17-18,20H,7,9-10,14-15,27H2,1-4H3. The van der Waals surface area contributed by atoms with Crippen molar-refractivity contribution in [2.75, 3.05) is 20.2 Å². The fraction of sp³-hybridized carbons (Fsp3) is 0.500. The maximum absolute atomic E-state index is 12.2. The van der Waals surface area contributed by atoms with E-state index in [4.69, 9.17) is 20.2 Å². The van der Waals surface area contributed by atoms with Crippen LogP contribution < -0.4 is 5.73 Å². The van der Waals surface area contributed by atoms with Gasteiger partial charge in [-0.1, -0.05) is 6.07 Å². The van der Waals surface area contributed by atoms with Crippen LogP contribution in [-0.4, -0.2) is 65.0 Å². The van der Waals surface area contributed by atoms with Crippen molar-refractivity contribution >= 4 is 34.9 Å². The molecule has 9 heteroatoms. The molecule has 0 unspecified atom stereocenters. The summed E-state index contributed by atoms with van der Waals surface area (Å²) in [7, 11) is 1.41. The molecule has 35 heavy (non-hydrogen) atoms. The molecule has 2 N–H and O–H groups in total. The van der Waals surface area contributed by atoms with Crippen LogP contribution in [-0.2, 0) is 20.7 Å². The molecular weight excluding hydrogens is 446 g/mol. The average Bonchev–Trinajstić information content (AvgIpc) is 2.75. The van der Waals surface area contributed by atoms with Gasteiger partial charge in [0.25, 0.3) is 0 Å². The Bertz CT molecular complexity index is 1160. The molecule has 2 fully saturated rings. The lowest BCUT2D eigenvalue weighted by Crippen LogP contribution is -2.52. The van der Waals surface area contributed by atoms with Crippen LogP contribution in [0.5, 0.6) is 0 Å². The topological polar surface area (TPSA) is 120 Å². The first-order valence-electron chi connectivity index (χ1n) is 11.9. The van der Waals surface area contributed by atoms with Gasteiger partial charge < -0.3 is 20.1 Å². The fourth-order valence-corrected chi connectivity index (χ4v) is 4.28. The monoisotopic (exact) mass is 479 g/mol. The predicted octanol–water partition coefficient (Wildman–Crippen LogP) is 3.36. The number of nitrogens with zero attached hydrogens (tertiary/aromatic N) is 4. The second kappa shape index (κ2) is 10.0. The lowest BCUT2D eigenvalue weighted by Gasteiger charge is -2.39. The van der Waals surface area contributed by atoms with E-state index in [0.717, 1.165) is 23.0 Å². The van der Waals surface area contributed by atoms with Crippen molar-refractivity contribution in [3.05, 3.63) is 41.9 Å². The molecule has 1 aliphatic heterocycles. The molecule has 1 saturated heterocycles. The van der Waals surface area contributed by atoms with Crippen LogP contribution in [0.2, 0.25) is 0 Å². The van der Waals surface area contributed by atoms with Gasteiger partial charge in [0.15, 0.2) is 0 Å². The van der Waals surface area contributed by atoms with Gasteiger partial charge in [0, 0.05) is 31.1 Å². The zero-order chi connectivity index (χ0) is 25.2. The molecule has 0 radical (unpaired) electrons. The highest BCUT2D eigenvalue weighted by molar-refractivity contribution is 6.09. The number of aromatic nitrogens is 2. The third-order valence-electron chi connectivity index (χ3n) is 6.29. The Hall–Kier alpha value is -3.49. The van der Waals surface area contributed by atoms with Crippen molar-refractivity contribution in [1.29, 1.82) is 0 Å². The first-order chi connectivity index (χ1) is 16.6. The largest absolute Gasteiger partial charge is 0.469 e. The molecule has 4 rings (SSSR count). The maximum atomic E-state index is 12.2. The van der Waals surface area contributed by atoms with Crippen molar-refractivity contribution in [1.82, 2.24) is 14.9 Å². The SMILES string of the molecule is COC(=O)C1CC(N=CC(=CN)c2cnc3ccc(CC4CN(C(=O)OC(C)(C)C)C4)cc3n2)C1. The minimum atomic E-state index is -0.484. The van der Waals surface area contributed by atoms with Crippen molar-refractivity contribution < 1.29 is 19.1 Å². The number of rotatable bonds is 6. The van der Waals surface area contributed by atoms with Gasteiger partial charge in [-0.3, -0.25) is 14.8 Å². The van der Waals surface area contributed by atoms with E-state index < -0.39 is 5.60 Å². The number of nitrogens with two attached hydrogens (primary N) is 1. The third-order valence-corrected chi connectivity index (χ3v) is 6.29. The number of likely N-dealkylation sites (tertiary alicyclic amines) is 1. The predicted molar refractivity (Wildman–Crippen MR) is 134 cm³/mol. The van der Waals surface area contributed by atoms with Gasteiger partial charge in [0.1, 0.15) is 5.60 Å². The van der Waals surface area contributed by atoms with Crippen LogP contribution in [0.1, 0.15) is 44.9 Å². The number of fused-ring (bicyclic) bond motifs is 1. The minimum Gasteiger partial charge on any atom is -0.469 e. The van der Waals surface area contributed by atoms with Crippen LogP contribution in [0.25, 0.3) is 16.6 Å². The Kier molecular flexibility index (Phi) is 7.05. The number of esters is 1. The number of carbonyl (C=O) groups is 2. The number of methoxy groups -OCH3 is 1. The number of ether oxygens (including phenoxy) is 2. The summed E-state index contributed by atoms with van der Waals surface area (Å²) in [6, 6.07) is 6.15. The number of benzene rings is 1. The fourth-order valence-electron chi connectivity index (χ4n) is 4.28. The van der Waals surface area contributed by atoms with Gasteiger partial charge in [-0.05, 0) is 63.6 Å². The van der Waals surface area contributed by atoms with E-state index in [2.05, 4.69) is 16.0 Å². The molecule has 0 atom stereocenters. The summed E-state index contributed by atoms with van der Waals surface area (Å²) in [5.74, 6) is 0.138. The molecule has 9 nitrogen and oxygen atoms in total. The normalized spacial score (nSPS) is 21.0. The second-order valence-corrected chi connectivity index (χ2v) is 10.3. The van der Waals surface area contributed by atoms with Crippen molar-refractivity contribution in [2.24, 2.45) is 22.6 Å². The van der Waals surface area contributed by atoms with Gasteiger partial charge in [-0.15, -0.1) is 0 Å². The Morgan fingerprint density at radius 3 is 2.63 bits per heavy atom. The van der Waals surface area contributed by atoms with E-state index in [0.29, 0.717) is 43.1 Å². The third kappa shape index (κ3) is 5.96. The van der Waals surface area contributed by atoms with Gasteiger partial charge in [0.05, 0.1) is 42.0 Å². The number of hydrogen-bond donors (Lipinski definition) is 1. The van der Waals surface area contributed by atoms with Gasteiger partial charge in [-0.2, -0.15) is 0 Å². The van der Waals surface area contributed by atoms with Crippen LogP contribution >= 0.6 is 0 Å². The van der Waals surface area contributed by atoms with Gasteiger partial charge in [-0.25, -0.2) is 9.78 Å². The van der Waals surface area contributed by atoms with E-state index in [1.165, 1.54) is 13.3 Å². The summed E-state index contributed by atoms with van der Waals surface area (Å²) < 4.78 is 10.2. The van der Waals surface area contributed by atoms with E-state index in [1.807, 2.05) is 32.9 Å². The summed E-state index contributed by atoms with van der Waals surface area (Å²) >= 11 is 0. The second-order valence-electron chi connectivity index (χ2n) is 10.3. The maximum Gasteiger partial charge on any atom is 0.410 e. The van der Waals surface area contributed by atoms with Crippen molar-refractivity contribution in [3.8, 4) is 0 Å². The molecule has 2 aromatic rings. The molecule has 2 heterocycles. The molecular formula is C26H33N5O4.